The van der Waals surface area contributed by atoms with Crippen molar-refractivity contribution in [2.24, 2.45) is 0 Å². The Kier molecular flexibility index (Phi) is 12.1. The third-order valence-electron chi connectivity index (χ3n) is 2.48. The van der Waals surface area contributed by atoms with Crippen LogP contribution in [0.4, 0.5) is 0 Å². The fourth-order valence-electron chi connectivity index (χ4n) is 1.55. The number of unbranched alkanes of at least 4 members (excludes halogenated alkanes) is 5. The van der Waals surface area contributed by atoms with Crippen molar-refractivity contribution in [3.05, 3.63) is 24.8 Å². The van der Waals surface area contributed by atoms with Crippen LogP contribution in [0.15, 0.2) is 24.8 Å². The first-order valence-corrected chi connectivity index (χ1v) is 6.46. The Hall–Kier alpha value is -1.09. The lowest BCUT2D eigenvalue weighted by atomic mass is 10.1. The Morgan fingerprint density at radius 1 is 1.18 bits per heavy atom. The first-order chi connectivity index (χ1) is 8.31. The average Bonchev–Trinajstić information content (AvgIpc) is 2.34. The minimum Gasteiger partial charge on any atom is -0.395 e. The number of hydrogen-bond acceptors (Lipinski definition) is 2. The van der Waals surface area contributed by atoms with Crippen LogP contribution in [0.3, 0.4) is 0 Å². The number of rotatable bonds is 11. The van der Waals surface area contributed by atoms with Crippen LogP contribution in [-0.2, 0) is 4.79 Å². The molecule has 0 radical (unpaired) electrons. The number of aliphatic hydroxyl groups excluding tert-OH is 1. The Labute approximate surface area is 105 Å². The number of nitrogens with one attached hydrogen (secondary N) is 1. The third-order valence-corrected chi connectivity index (χ3v) is 2.48. The smallest absolute Gasteiger partial charge is 0.220 e. The molecule has 2 N–H and O–H groups in total. The van der Waals surface area contributed by atoms with Crippen molar-refractivity contribution in [3.63, 3.8) is 0 Å². The third kappa shape index (κ3) is 12.8. The number of aliphatic hydroxyl groups is 1. The molecule has 0 aliphatic carbocycles. The van der Waals surface area contributed by atoms with Crippen LogP contribution in [-0.4, -0.2) is 24.2 Å². The second-order valence-electron chi connectivity index (χ2n) is 4.04. The molecule has 0 saturated heterocycles. The van der Waals surface area contributed by atoms with Crippen molar-refractivity contribution in [2.75, 3.05) is 13.2 Å². The molecule has 0 aromatic rings. The summed E-state index contributed by atoms with van der Waals surface area (Å²) in [6.45, 7) is 4.00. The summed E-state index contributed by atoms with van der Waals surface area (Å²) in [5, 5.41) is 11.2. The van der Waals surface area contributed by atoms with Crippen molar-refractivity contribution in [3.8, 4) is 0 Å². The summed E-state index contributed by atoms with van der Waals surface area (Å²) >= 11 is 0. The van der Waals surface area contributed by atoms with Gasteiger partial charge in [-0.3, -0.25) is 4.79 Å². The summed E-state index contributed by atoms with van der Waals surface area (Å²) in [5.74, 6) is 0.0490. The molecule has 0 fully saturated rings. The van der Waals surface area contributed by atoms with Gasteiger partial charge in [0, 0.05) is 13.0 Å². The average molecular weight is 239 g/mol. The van der Waals surface area contributed by atoms with E-state index in [4.69, 9.17) is 5.11 Å². The van der Waals surface area contributed by atoms with E-state index >= 15 is 0 Å². The molecule has 0 atom stereocenters. The van der Waals surface area contributed by atoms with Crippen molar-refractivity contribution >= 4 is 5.91 Å². The lowest BCUT2D eigenvalue weighted by Gasteiger charge is -2.02. The number of carbonyl (C=O) groups is 1. The maximum absolute atomic E-state index is 11.2. The second kappa shape index (κ2) is 13.0. The number of amides is 1. The molecule has 0 bridgehead atoms. The Balaban J connectivity index is 3.15. The molecule has 0 unspecified atom stereocenters. The topological polar surface area (TPSA) is 49.3 Å². The van der Waals surface area contributed by atoms with E-state index in [1.807, 2.05) is 6.08 Å². The first-order valence-electron chi connectivity index (χ1n) is 6.46. The van der Waals surface area contributed by atoms with Gasteiger partial charge in [-0.15, -0.1) is 0 Å². The zero-order chi connectivity index (χ0) is 12.8. The lowest BCUT2D eigenvalue weighted by molar-refractivity contribution is -0.121. The molecule has 0 rings (SSSR count). The maximum atomic E-state index is 11.2. The van der Waals surface area contributed by atoms with Crippen LogP contribution in [0.25, 0.3) is 0 Å². The van der Waals surface area contributed by atoms with Gasteiger partial charge in [0.2, 0.25) is 5.91 Å². The Bertz CT molecular complexity index is 224. The van der Waals surface area contributed by atoms with Gasteiger partial charge in [-0.1, -0.05) is 44.1 Å². The van der Waals surface area contributed by atoms with Crippen molar-refractivity contribution < 1.29 is 9.90 Å². The fraction of sp³-hybridized carbons (Fsp3) is 0.643. The van der Waals surface area contributed by atoms with Gasteiger partial charge in [-0.2, -0.15) is 0 Å². The van der Waals surface area contributed by atoms with E-state index < -0.39 is 0 Å². The normalized spacial score (nSPS) is 10.6. The van der Waals surface area contributed by atoms with Crippen LogP contribution in [0, 0.1) is 0 Å². The van der Waals surface area contributed by atoms with Crippen LogP contribution in [0.2, 0.25) is 0 Å². The van der Waals surface area contributed by atoms with Crippen LogP contribution < -0.4 is 5.32 Å². The summed E-state index contributed by atoms with van der Waals surface area (Å²) in [6, 6.07) is 0. The predicted molar refractivity (Wildman–Crippen MR) is 71.8 cm³/mol. The maximum Gasteiger partial charge on any atom is 0.220 e. The van der Waals surface area contributed by atoms with E-state index in [2.05, 4.69) is 18.0 Å². The van der Waals surface area contributed by atoms with Gasteiger partial charge >= 0.3 is 0 Å². The molecular weight excluding hydrogens is 214 g/mol. The highest BCUT2D eigenvalue weighted by molar-refractivity contribution is 5.75. The van der Waals surface area contributed by atoms with Crippen molar-refractivity contribution in [2.45, 2.75) is 44.9 Å². The number of allylic oxidation sites excluding steroid dienone is 3. The van der Waals surface area contributed by atoms with Crippen molar-refractivity contribution in [1.82, 2.24) is 5.32 Å². The summed E-state index contributed by atoms with van der Waals surface area (Å²) in [4.78, 5) is 11.2. The minimum absolute atomic E-state index is 0.0178. The molecule has 0 aromatic heterocycles. The van der Waals surface area contributed by atoms with E-state index in [0.29, 0.717) is 13.0 Å². The van der Waals surface area contributed by atoms with E-state index in [1.54, 1.807) is 6.08 Å². The van der Waals surface area contributed by atoms with Gasteiger partial charge in [-0.25, -0.2) is 0 Å². The van der Waals surface area contributed by atoms with Gasteiger partial charge in [0.15, 0.2) is 0 Å². The highest BCUT2D eigenvalue weighted by Crippen LogP contribution is 2.07. The molecule has 0 aliphatic heterocycles. The molecule has 98 valence electrons. The van der Waals surface area contributed by atoms with E-state index in [0.717, 1.165) is 19.3 Å². The number of hydrogen-bond donors (Lipinski definition) is 2. The van der Waals surface area contributed by atoms with Gasteiger partial charge < -0.3 is 10.4 Å². The lowest BCUT2D eigenvalue weighted by Crippen LogP contribution is -2.25. The van der Waals surface area contributed by atoms with E-state index in [-0.39, 0.29) is 12.5 Å². The molecule has 17 heavy (non-hydrogen) atoms. The first kappa shape index (κ1) is 15.9. The molecule has 0 aliphatic rings. The van der Waals surface area contributed by atoms with E-state index in [9.17, 15) is 4.79 Å². The van der Waals surface area contributed by atoms with E-state index in [1.165, 1.54) is 19.3 Å². The molecule has 0 saturated carbocycles. The van der Waals surface area contributed by atoms with Gasteiger partial charge in [0.05, 0.1) is 6.61 Å². The predicted octanol–water partition coefficient (Wildman–Crippen LogP) is 2.57. The Morgan fingerprint density at radius 3 is 2.59 bits per heavy atom. The van der Waals surface area contributed by atoms with Crippen molar-refractivity contribution in [1.29, 1.82) is 0 Å². The molecule has 3 heteroatoms. The number of carbonyl (C=O) groups excluding carboxylic acids is 1. The molecule has 1 amide bonds. The van der Waals surface area contributed by atoms with Gasteiger partial charge in [0.25, 0.3) is 0 Å². The summed E-state index contributed by atoms with van der Waals surface area (Å²) in [7, 11) is 0. The highest BCUT2D eigenvalue weighted by Gasteiger charge is 1.99. The fourth-order valence-corrected chi connectivity index (χ4v) is 1.55. The van der Waals surface area contributed by atoms with Gasteiger partial charge in [0.1, 0.15) is 0 Å². The summed E-state index contributed by atoms with van der Waals surface area (Å²) in [6.07, 6.45) is 13.3. The van der Waals surface area contributed by atoms with Gasteiger partial charge in [-0.05, 0) is 19.3 Å². The van der Waals surface area contributed by atoms with Crippen LogP contribution in [0.1, 0.15) is 44.9 Å². The molecule has 0 spiro atoms. The SMILES string of the molecule is C=C/C=C/CCCCCCCC(=O)NCCO. The second-order valence-corrected chi connectivity index (χ2v) is 4.04. The van der Waals surface area contributed by atoms with Crippen LogP contribution >= 0.6 is 0 Å². The molecule has 3 nitrogen and oxygen atoms in total. The highest BCUT2D eigenvalue weighted by atomic mass is 16.3. The molecule has 0 heterocycles. The standard InChI is InChI=1S/C14H25NO2/c1-2-3-4-5-6-7-8-9-10-11-14(17)15-12-13-16/h2-4,16H,1,5-13H2,(H,15,17)/b4-3+. The summed E-state index contributed by atoms with van der Waals surface area (Å²) in [5.41, 5.74) is 0. The monoisotopic (exact) mass is 239 g/mol. The molecule has 0 aromatic carbocycles. The minimum atomic E-state index is 0.0178. The zero-order valence-corrected chi connectivity index (χ0v) is 10.7. The largest absolute Gasteiger partial charge is 0.395 e. The summed E-state index contributed by atoms with van der Waals surface area (Å²) < 4.78 is 0. The Morgan fingerprint density at radius 2 is 1.88 bits per heavy atom. The van der Waals surface area contributed by atoms with Crippen LogP contribution in [0.5, 0.6) is 0 Å². The quantitative estimate of drug-likeness (QED) is 0.430. The molecular formula is C14H25NO2. The zero-order valence-electron chi connectivity index (χ0n) is 10.7.